The second-order valence-electron chi connectivity index (χ2n) is 2.23. The van der Waals surface area contributed by atoms with Crippen molar-refractivity contribution in [1.82, 2.24) is 0 Å². The Morgan fingerprint density at radius 1 is 1.42 bits per heavy atom. The summed E-state index contributed by atoms with van der Waals surface area (Å²) in [6.07, 6.45) is 2.16. The van der Waals surface area contributed by atoms with Crippen LogP contribution in [0.5, 0.6) is 0 Å². The zero-order valence-corrected chi connectivity index (χ0v) is 8.70. The minimum atomic E-state index is -0.933. The largest absolute Gasteiger partial charge is 0.480 e. The van der Waals surface area contributed by atoms with Crippen molar-refractivity contribution in [2.24, 2.45) is 11.5 Å². The quantitative estimate of drug-likeness (QED) is 0.462. The molecular formula is C6H15ClMnN2O2. The summed E-state index contributed by atoms with van der Waals surface area (Å²) < 4.78 is 0. The average Bonchev–Trinajstić information content (AvgIpc) is 1.88. The van der Waals surface area contributed by atoms with Gasteiger partial charge >= 0.3 is 5.97 Å². The molecule has 0 amide bonds. The van der Waals surface area contributed by atoms with Gasteiger partial charge in [0.2, 0.25) is 0 Å². The van der Waals surface area contributed by atoms with Gasteiger partial charge in [-0.3, -0.25) is 4.79 Å². The molecule has 0 rings (SSSR count). The molecule has 0 spiro atoms. The van der Waals surface area contributed by atoms with Crippen LogP contribution in [-0.4, -0.2) is 23.7 Å². The van der Waals surface area contributed by atoms with Crippen LogP contribution in [0.4, 0.5) is 0 Å². The Hall–Kier alpha value is 0.199. The van der Waals surface area contributed by atoms with E-state index in [1.807, 2.05) is 0 Å². The summed E-state index contributed by atoms with van der Waals surface area (Å²) in [5.41, 5.74) is 10.4. The van der Waals surface area contributed by atoms with E-state index in [4.69, 9.17) is 16.6 Å². The summed E-state index contributed by atoms with van der Waals surface area (Å²) in [6.45, 7) is 0.604. The first kappa shape index (κ1) is 18.1. The predicted molar refractivity (Wildman–Crippen MR) is 45.8 cm³/mol. The molecule has 5 N–H and O–H groups in total. The van der Waals surface area contributed by atoms with Gasteiger partial charge < -0.3 is 16.6 Å². The maximum absolute atomic E-state index is 10.1. The third kappa shape index (κ3) is 10.2. The number of hydrogen-bond donors (Lipinski definition) is 3. The Morgan fingerprint density at radius 2 is 1.92 bits per heavy atom. The second-order valence-corrected chi connectivity index (χ2v) is 2.23. The Morgan fingerprint density at radius 3 is 2.25 bits per heavy atom. The summed E-state index contributed by atoms with van der Waals surface area (Å²) in [5.74, 6) is -0.933. The van der Waals surface area contributed by atoms with Crippen LogP contribution in [0, 0.1) is 0 Å². The van der Waals surface area contributed by atoms with Gasteiger partial charge in [0.1, 0.15) is 6.04 Å². The van der Waals surface area contributed by atoms with E-state index in [2.05, 4.69) is 0 Å². The molecule has 0 aromatic rings. The minimum Gasteiger partial charge on any atom is -0.480 e. The van der Waals surface area contributed by atoms with Crippen LogP contribution in [0.2, 0.25) is 0 Å². The van der Waals surface area contributed by atoms with Crippen LogP contribution < -0.4 is 11.5 Å². The molecule has 0 bridgehead atoms. The van der Waals surface area contributed by atoms with E-state index >= 15 is 0 Å². The average molecular weight is 238 g/mol. The smallest absolute Gasteiger partial charge is 0.320 e. The molecule has 1 unspecified atom stereocenters. The molecular weight excluding hydrogens is 222 g/mol. The molecule has 1 atom stereocenters. The summed E-state index contributed by atoms with van der Waals surface area (Å²) in [4.78, 5) is 10.1. The second kappa shape index (κ2) is 11.2. The third-order valence-electron chi connectivity index (χ3n) is 1.29. The molecule has 6 heteroatoms. The van der Waals surface area contributed by atoms with Gasteiger partial charge in [0, 0.05) is 17.1 Å². The zero-order chi connectivity index (χ0) is 7.98. The van der Waals surface area contributed by atoms with Crippen molar-refractivity contribution in [3.8, 4) is 0 Å². The minimum absolute atomic E-state index is 0. The van der Waals surface area contributed by atoms with E-state index < -0.39 is 12.0 Å². The van der Waals surface area contributed by atoms with Crippen LogP contribution in [0.1, 0.15) is 19.3 Å². The molecule has 0 fully saturated rings. The molecule has 75 valence electrons. The van der Waals surface area contributed by atoms with Gasteiger partial charge in [-0.25, -0.2) is 0 Å². The summed E-state index contributed by atoms with van der Waals surface area (Å²) in [6, 6.07) is -0.716. The van der Waals surface area contributed by atoms with Crippen molar-refractivity contribution in [1.29, 1.82) is 0 Å². The van der Waals surface area contributed by atoms with Crippen molar-refractivity contribution in [3.63, 3.8) is 0 Å². The molecule has 12 heavy (non-hydrogen) atoms. The van der Waals surface area contributed by atoms with Crippen molar-refractivity contribution in [3.05, 3.63) is 0 Å². The van der Waals surface area contributed by atoms with Crippen LogP contribution in [-0.2, 0) is 21.9 Å². The molecule has 1 radical (unpaired) electrons. The van der Waals surface area contributed by atoms with E-state index in [9.17, 15) is 4.79 Å². The number of rotatable bonds is 5. The fraction of sp³-hybridized carbons (Fsp3) is 0.833. The fourth-order valence-electron chi connectivity index (χ4n) is 0.632. The Balaban J connectivity index is -0.000000405. The van der Waals surface area contributed by atoms with Crippen LogP contribution >= 0.6 is 12.4 Å². The zero-order valence-electron chi connectivity index (χ0n) is 6.70. The summed E-state index contributed by atoms with van der Waals surface area (Å²) in [7, 11) is 0. The Bertz CT molecular complexity index is 116. The van der Waals surface area contributed by atoms with E-state index in [1.165, 1.54) is 0 Å². The van der Waals surface area contributed by atoms with E-state index in [0.29, 0.717) is 13.0 Å². The van der Waals surface area contributed by atoms with Crippen molar-refractivity contribution >= 4 is 18.4 Å². The first-order chi connectivity index (χ1) is 4.68. The van der Waals surface area contributed by atoms with Gasteiger partial charge in [0.25, 0.3) is 0 Å². The number of nitrogens with two attached hydrogens (primary N) is 2. The molecule has 0 saturated carbocycles. The predicted octanol–water partition coefficient (Wildman–Crippen LogP) is -0.0534. The topological polar surface area (TPSA) is 89.3 Å². The molecule has 4 nitrogen and oxygen atoms in total. The Labute approximate surface area is 88.9 Å². The molecule has 0 aliphatic carbocycles. The maximum Gasteiger partial charge on any atom is 0.320 e. The molecule has 0 heterocycles. The fourth-order valence-corrected chi connectivity index (χ4v) is 0.632. The van der Waals surface area contributed by atoms with Crippen molar-refractivity contribution in [2.75, 3.05) is 6.54 Å². The molecule has 0 aromatic carbocycles. The normalized spacial score (nSPS) is 10.8. The number of hydrogen-bond acceptors (Lipinski definition) is 3. The summed E-state index contributed by atoms with van der Waals surface area (Å²) >= 11 is 0. The number of carboxylic acid groups (broad SMARTS) is 1. The van der Waals surface area contributed by atoms with Gasteiger partial charge in [0.15, 0.2) is 0 Å². The standard InChI is InChI=1S/C6H14N2O2.ClH.Mn/c7-4-2-1-3-5(8)6(9)10;;/h5H,1-4,7-8H2,(H,9,10);1H;. The molecule has 0 aliphatic rings. The van der Waals surface area contributed by atoms with Crippen LogP contribution in [0.3, 0.4) is 0 Å². The maximum atomic E-state index is 10.1. The number of carboxylic acids is 1. The van der Waals surface area contributed by atoms with Gasteiger partial charge in [-0.15, -0.1) is 12.4 Å². The third-order valence-corrected chi connectivity index (χ3v) is 1.29. The van der Waals surface area contributed by atoms with Crippen LogP contribution in [0.25, 0.3) is 0 Å². The van der Waals surface area contributed by atoms with Crippen molar-refractivity contribution < 1.29 is 27.0 Å². The van der Waals surface area contributed by atoms with E-state index in [1.54, 1.807) is 0 Å². The first-order valence-corrected chi connectivity index (χ1v) is 3.37. The van der Waals surface area contributed by atoms with Crippen molar-refractivity contribution in [2.45, 2.75) is 25.3 Å². The summed E-state index contributed by atoms with van der Waals surface area (Å²) in [5, 5.41) is 8.33. The monoisotopic (exact) mass is 237 g/mol. The van der Waals surface area contributed by atoms with Gasteiger partial charge in [-0.05, 0) is 19.4 Å². The van der Waals surface area contributed by atoms with Crippen LogP contribution in [0.15, 0.2) is 0 Å². The first-order valence-electron chi connectivity index (χ1n) is 3.37. The van der Waals surface area contributed by atoms with Gasteiger partial charge in [0.05, 0.1) is 0 Å². The number of unbranched alkanes of at least 4 members (excludes halogenated alkanes) is 1. The Kier molecular flexibility index (Phi) is 16.9. The number of halogens is 1. The number of carbonyl (C=O) groups is 1. The van der Waals surface area contributed by atoms with Gasteiger partial charge in [-0.2, -0.15) is 0 Å². The molecule has 0 saturated heterocycles. The van der Waals surface area contributed by atoms with E-state index in [0.717, 1.165) is 12.8 Å². The van der Waals surface area contributed by atoms with E-state index in [-0.39, 0.29) is 29.5 Å². The SMILES string of the molecule is Cl.NCCCCC(N)C(=O)O.[Mn]. The molecule has 0 aliphatic heterocycles. The van der Waals surface area contributed by atoms with Gasteiger partial charge in [-0.1, -0.05) is 6.42 Å². The molecule has 0 aromatic heterocycles. The number of aliphatic carboxylic acids is 1.